The molecule has 0 aliphatic carbocycles. The summed E-state index contributed by atoms with van der Waals surface area (Å²) in [5.41, 5.74) is 0.177. The molecule has 0 saturated heterocycles. The standard InChI is InChI=1S/C26H39N3O4/c1-11-29(23(31)20(16-17(2)3)27-24(32)33-26(8,9)10)21(22(30)28-25(5,6)7)19-15-13-12-14-18(19)4/h1,12-15,17,20-21H,16H2,2-10H3,(H,27,32)(H,28,30). The van der Waals surface area contributed by atoms with Gasteiger partial charge in [-0.3, -0.25) is 14.5 Å². The largest absolute Gasteiger partial charge is 0.444 e. The first-order valence-electron chi connectivity index (χ1n) is 11.2. The Bertz CT molecular complexity index is 888. The maximum absolute atomic E-state index is 13.6. The van der Waals surface area contributed by atoms with Gasteiger partial charge >= 0.3 is 6.09 Å². The topological polar surface area (TPSA) is 87.7 Å². The van der Waals surface area contributed by atoms with E-state index in [1.54, 1.807) is 32.9 Å². The van der Waals surface area contributed by atoms with Crippen molar-refractivity contribution in [2.24, 2.45) is 5.92 Å². The number of carbonyl (C=O) groups excluding carboxylic acids is 3. The van der Waals surface area contributed by atoms with Gasteiger partial charge in [-0.15, -0.1) is 0 Å². The summed E-state index contributed by atoms with van der Waals surface area (Å²) in [6.07, 6.45) is 5.41. The fraction of sp³-hybridized carbons (Fsp3) is 0.577. The van der Waals surface area contributed by atoms with Gasteiger partial charge in [0.2, 0.25) is 5.91 Å². The van der Waals surface area contributed by atoms with Gasteiger partial charge in [0, 0.05) is 11.6 Å². The monoisotopic (exact) mass is 457 g/mol. The minimum atomic E-state index is -1.06. The van der Waals surface area contributed by atoms with Crippen LogP contribution in [0.5, 0.6) is 0 Å². The number of aryl methyl sites for hydroxylation is 1. The number of carbonyl (C=O) groups is 3. The average molecular weight is 458 g/mol. The van der Waals surface area contributed by atoms with E-state index in [2.05, 4.69) is 16.7 Å². The van der Waals surface area contributed by atoms with Crippen LogP contribution in [0, 0.1) is 25.3 Å². The van der Waals surface area contributed by atoms with Crippen LogP contribution in [0.4, 0.5) is 4.79 Å². The minimum absolute atomic E-state index is 0.0776. The Kier molecular flexibility index (Phi) is 9.53. The lowest BCUT2D eigenvalue weighted by atomic mass is 9.96. The molecule has 1 rings (SSSR count). The third kappa shape index (κ3) is 9.17. The van der Waals surface area contributed by atoms with Crippen molar-refractivity contribution in [2.45, 2.75) is 92.0 Å². The van der Waals surface area contributed by atoms with Crippen molar-refractivity contribution in [3.63, 3.8) is 0 Å². The van der Waals surface area contributed by atoms with E-state index in [0.29, 0.717) is 12.0 Å². The van der Waals surface area contributed by atoms with Gasteiger partial charge in [-0.25, -0.2) is 4.79 Å². The fourth-order valence-electron chi connectivity index (χ4n) is 3.31. The number of amides is 3. The van der Waals surface area contributed by atoms with Crippen LogP contribution in [0.2, 0.25) is 0 Å². The van der Waals surface area contributed by atoms with Gasteiger partial charge in [-0.05, 0) is 71.9 Å². The van der Waals surface area contributed by atoms with Crippen LogP contribution in [0.25, 0.3) is 0 Å². The van der Waals surface area contributed by atoms with Crippen molar-refractivity contribution in [2.75, 3.05) is 0 Å². The van der Waals surface area contributed by atoms with E-state index in [1.807, 2.05) is 53.7 Å². The minimum Gasteiger partial charge on any atom is -0.444 e. The van der Waals surface area contributed by atoms with Gasteiger partial charge in [0.25, 0.3) is 5.91 Å². The molecule has 0 fully saturated rings. The molecule has 0 aliphatic heterocycles. The molecule has 7 nitrogen and oxygen atoms in total. The Hall–Kier alpha value is -3.01. The zero-order valence-electron chi connectivity index (χ0n) is 21.4. The first-order valence-corrected chi connectivity index (χ1v) is 11.2. The van der Waals surface area contributed by atoms with Gasteiger partial charge in [-0.1, -0.05) is 44.5 Å². The van der Waals surface area contributed by atoms with Crippen molar-refractivity contribution >= 4 is 17.9 Å². The molecule has 33 heavy (non-hydrogen) atoms. The maximum atomic E-state index is 13.6. The second kappa shape index (κ2) is 11.2. The van der Waals surface area contributed by atoms with Gasteiger partial charge in [0.15, 0.2) is 0 Å². The Morgan fingerprint density at radius 1 is 1.09 bits per heavy atom. The van der Waals surface area contributed by atoms with Gasteiger partial charge in [0.05, 0.1) is 0 Å². The molecule has 0 spiro atoms. The lowest BCUT2D eigenvalue weighted by Gasteiger charge is -2.33. The third-order valence-corrected chi connectivity index (χ3v) is 4.56. The molecule has 1 aromatic carbocycles. The normalized spacial score (nSPS) is 13.5. The molecule has 2 atom stereocenters. The first-order chi connectivity index (χ1) is 15.1. The summed E-state index contributed by atoms with van der Waals surface area (Å²) in [5.74, 6) is -0.869. The summed E-state index contributed by atoms with van der Waals surface area (Å²) in [7, 11) is 0. The molecule has 0 aliphatic rings. The lowest BCUT2D eigenvalue weighted by Crippen LogP contribution is -2.53. The second-order valence-electron chi connectivity index (χ2n) is 10.7. The molecular formula is C26H39N3O4. The SMILES string of the molecule is C#CN(C(=O)C(CC(C)C)NC(=O)OC(C)(C)C)C(C(=O)NC(C)(C)C)c1ccccc1C. The van der Waals surface area contributed by atoms with Crippen LogP contribution in [0.1, 0.15) is 79.0 Å². The number of hydrogen-bond acceptors (Lipinski definition) is 4. The van der Waals surface area contributed by atoms with Crippen molar-refractivity contribution < 1.29 is 19.1 Å². The molecule has 0 radical (unpaired) electrons. The van der Waals surface area contributed by atoms with Gasteiger partial charge in [-0.2, -0.15) is 0 Å². The lowest BCUT2D eigenvalue weighted by molar-refractivity contribution is -0.139. The van der Waals surface area contributed by atoms with Crippen LogP contribution in [-0.4, -0.2) is 40.0 Å². The quantitative estimate of drug-likeness (QED) is 0.472. The highest BCUT2D eigenvalue weighted by atomic mass is 16.6. The van der Waals surface area contributed by atoms with E-state index in [9.17, 15) is 14.4 Å². The van der Waals surface area contributed by atoms with Crippen molar-refractivity contribution in [1.82, 2.24) is 15.5 Å². The van der Waals surface area contributed by atoms with Crippen LogP contribution >= 0.6 is 0 Å². The summed E-state index contributed by atoms with van der Waals surface area (Å²) in [5, 5.41) is 5.57. The van der Waals surface area contributed by atoms with Crippen molar-refractivity contribution in [3.8, 4) is 12.5 Å². The predicted molar refractivity (Wildman–Crippen MR) is 130 cm³/mol. The molecule has 1 aromatic rings. The van der Waals surface area contributed by atoms with E-state index in [0.717, 1.165) is 10.5 Å². The number of rotatable bonds is 7. The molecule has 7 heteroatoms. The molecule has 0 saturated carbocycles. The average Bonchev–Trinajstić information content (AvgIpc) is 2.62. The first kappa shape index (κ1) is 28.0. The molecule has 0 heterocycles. The number of ether oxygens (including phenoxy) is 1. The zero-order chi connectivity index (χ0) is 25.6. The summed E-state index contributed by atoms with van der Waals surface area (Å²) in [4.78, 5) is 40.5. The second-order valence-corrected chi connectivity index (χ2v) is 10.7. The van der Waals surface area contributed by atoms with Gasteiger partial charge in [0.1, 0.15) is 17.7 Å². The summed E-state index contributed by atoms with van der Waals surface area (Å²) in [6, 6.07) is 7.67. The number of hydrogen-bond donors (Lipinski definition) is 2. The maximum Gasteiger partial charge on any atom is 0.408 e. The van der Waals surface area contributed by atoms with E-state index >= 15 is 0 Å². The highest BCUT2D eigenvalue weighted by Crippen LogP contribution is 2.26. The molecular weight excluding hydrogens is 418 g/mol. The smallest absolute Gasteiger partial charge is 0.408 e. The molecule has 0 aromatic heterocycles. The summed E-state index contributed by atoms with van der Waals surface area (Å²) in [6.45, 7) is 16.5. The van der Waals surface area contributed by atoms with E-state index in [1.165, 1.54) is 0 Å². The Labute approximate surface area is 198 Å². The van der Waals surface area contributed by atoms with Crippen LogP contribution in [0.15, 0.2) is 24.3 Å². The van der Waals surface area contributed by atoms with Crippen LogP contribution in [0.3, 0.4) is 0 Å². The number of benzene rings is 1. The Morgan fingerprint density at radius 3 is 2.12 bits per heavy atom. The highest BCUT2D eigenvalue weighted by molar-refractivity contribution is 5.93. The van der Waals surface area contributed by atoms with Crippen LogP contribution in [-0.2, 0) is 14.3 Å². The number of nitrogens with zero attached hydrogens (tertiary/aromatic N) is 1. The fourth-order valence-corrected chi connectivity index (χ4v) is 3.31. The van der Waals surface area contributed by atoms with E-state index < -0.39 is 41.1 Å². The molecule has 2 N–H and O–H groups in total. The molecule has 3 amide bonds. The molecule has 182 valence electrons. The van der Waals surface area contributed by atoms with Crippen molar-refractivity contribution in [3.05, 3.63) is 35.4 Å². The molecule has 0 bridgehead atoms. The van der Waals surface area contributed by atoms with Gasteiger partial charge < -0.3 is 15.4 Å². The number of nitrogens with one attached hydrogen (secondary N) is 2. The predicted octanol–water partition coefficient (Wildman–Crippen LogP) is 4.31. The molecule has 2 unspecified atom stereocenters. The summed E-state index contributed by atoms with van der Waals surface area (Å²) < 4.78 is 5.34. The third-order valence-electron chi connectivity index (χ3n) is 4.56. The van der Waals surface area contributed by atoms with E-state index in [4.69, 9.17) is 11.2 Å². The Morgan fingerprint density at radius 2 is 1.67 bits per heavy atom. The van der Waals surface area contributed by atoms with Crippen LogP contribution < -0.4 is 10.6 Å². The number of alkyl carbamates (subject to hydrolysis) is 1. The van der Waals surface area contributed by atoms with Crippen molar-refractivity contribution in [1.29, 1.82) is 0 Å². The Balaban J connectivity index is 3.42. The highest BCUT2D eigenvalue weighted by Gasteiger charge is 2.37. The summed E-state index contributed by atoms with van der Waals surface area (Å²) >= 11 is 0. The van der Waals surface area contributed by atoms with E-state index in [-0.39, 0.29) is 5.92 Å². The number of terminal acetylenes is 1. The zero-order valence-corrected chi connectivity index (χ0v) is 21.4.